The zero-order valence-electron chi connectivity index (χ0n) is 11.4. The van der Waals surface area contributed by atoms with Crippen LogP contribution in [0, 0.1) is 5.92 Å². The van der Waals surface area contributed by atoms with Crippen LogP contribution in [0.2, 0.25) is 5.15 Å². The maximum atomic E-state index is 12.7. The molecular formula is C13H17ClF3N3. The Labute approximate surface area is 121 Å². The maximum Gasteiger partial charge on any atom is 0.451 e. The Morgan fingerprint density at radius 2 is 2.00 bits per heavy atom. The zero-order valence-corrected chi connectivity index (χ0v) is 12.2. The molecule has 1 heterocycles. The monoisotopic (exact) mass is 307 g/mol. The molecule has 1 aromatic heterocycles. The summed E-state index contributed by atoms with van der Waals surface area (Å²) in [5.41, 5.74) is 0. The van der Waals surface area contributed by atoms with Gasteiger partial charge in [0, 0.05) is 19.2 Å². The highest BCUT2D eigenvalue weighted by Crippen LogP contribution is 2.32. The van der Waals surface area contributed by atoms with Crippen molar-refractivity contribution in [2.75, 3.05) is 11.9 Å². The molecule has 3 nitrogen and oxygen atoms in total. The first-order valence-electron chi connectivity index (χ1n) is 6.62. The summed E-state index contributed by atoms with van der Waals surface area (Å²) in [7, 11) is 1.77. The van der Waals surface area contributed by atoms with Gasteiger partial charge in [0.25, 0.3) is 0 Å². The number of anilines is 1. The molecule has 0 spiro atoms. The minimum Gasteiger partial charge on any atom is -0.357 e. The zero-order chi connectivity index (χ0) is 14.9. The lowest BCUT2D eigenvalue weighted by Crippen LogP contribution is -2.36. The highest BCUT2D eigenvalue weighted by molar-refractivity contribution is 6.29. The third-order valence-corrected chi connectivity index (χ3v) is 3.95. The molecule has 0 radical (unpaired) electrons. The summed E-state index contributed by atoms with van der Waals surface area (Å²) in [5.74, 6) is -0.372. The molecule has 0 aliphatic heterocycles. The Hall–Kier alpha value is -1.04. The van der Waals surface area contributed by atoms with Gasteiger partial charge >= 0.3 is 6.18 Å². The van der Waals surface area contributed by atoms with Crippen molar-refractivity contribution >= 4 is 17.4 Å². The van der Waals surface area contributed by atoms with Gasteiger partial charge < -0.3 is 4.90 Å². The van der Waals surface area contributed by atoms with Crippen molar-refractivity contribution in [3.05, 3.63) is 17.0 Å². The van der Waals surface area contributed by atoms with Crippen molar-refractivity contribution in [3.8, 4) is 0 Å². The van der Waals surface area contributed by atoms with Crippen molar-refractivity contribution in [2.45, 2.75) is 44.8 Å². The van der Waals surface area contributed by atoms with Crippen molar-refractivity contribution in [2.24, 2.45) is 5.92 Å². The van der Waals surface area contributed by atoms with Gasteiger partial charge in [-0.3, -0.25) is 0 Å². The van der Waals surface area contributed by atoms with E-state index in [0.29, 0.717) is 5.92 Å². The lowest BCUT2D eigenvalue weighted by molar-refractivity contribution is -0.144. The Bertz CT molecular complexity index is 478. The topological polar surface area (TPSA) is 29.0 Å². The van der Waals surface area contributed by atoms with Gasteiger partial charge in [-0.2, -0.15) is 13.2 Å². The molecule has 1 aromatic rings. The highest BCUT2D eigenvalue weighted by Gasteiger charge is 2.36. The average molecular weight is 308 g/mol. The summed E-state index contributed by atoms with van der Waals surface area (Å²) >= 11 is 5.69. The van der Waals surface area contributed by atoms with Crippen molar-refractivity contribution in [3.63, 3.8) is 0 Å². The van der Waals surface area contributed by atoms with Gasteiger partial charge in [-0.25, -0.2) is 9.97 Å². The molecular weight excluding hydrogens is 291 g/mol. The smallest absolute Gasteiger partial charge is 0.357 e. The summed E-state index contributed by atoms with van der Waals surface area (Å²) in [5, 5.41) is -0.182. The number of nitrogens with zero attached hydrogens (tertiary/aromatic N) is 3. The predicted molar refractivity (Wildman–Crippen MR) is 71.9 cm³/mol. The van der Waals surface area contributed by atoms with E-state index in [2.05, 4.69) is 16.9 Å². The van der Waals surface area contributed by atoms with Gasteiger partial charge in [0.1, 0.15) is 11.0 Å². The molecule has 0 N–H and O–H groups in total. The molecule has 2 rings (SSSR count). The van der Waals surface area contributed by atoms with Crippen molar-refractivity contribution < 1.29 is 13.2 Å². The molecule has 0 amide bonds. The Balaban J connectivity index is 2.25. The van der Waals surface area contributed by atoms with Gasteiger partial charge in [-0.15, -0.1) is 0 Å². The number of rotatable bonds is 2. The van der Waals surface area contributed by atoms with Gasteiger partial charge in [0.05, 0.1) is 0 Å². The summed E-state index contributed by atoms with van der Waals surface area (Å²) in [4.78, 5) is 8.65. The Kier molecular flexibility index (Phi) is 4.42. The van der Waals surface area contributed by atoms with Crippen LogP contribution in [0.15, 0.2) is 6.07 Å². The molecule has 1 fully saturated rings. The minimum atomic E-state index is -4.58. The largest absolute Gasteiger partial charge is 0.451 e. The van der Waals surface area contributed by atoms with E-state index in [-0.39, 0.29) is 17.0 Å². The first-order valence-corrected chi connectivity index (χ1v) is 7.00. The fourth-order valence-electron chi connectivity index (χ4n) is 2.65. The molecule has 1 aliphatic carbocycles. The highest BCUT2D eigenvalue weighted by atomic mass is 35.5. The number of hydrogen-bond acceptors (Lipinski definition) is 3. The molecule has 112 valence electrons. The molecule has 2 unspecified atom stereocenters. The second-order valence-electron chi connectivity index (χ2n) is 5.41. The van der Waals surface area contributed by atoms with Crippen LogP contribution in [-0.4, -0.2) is 23.1 Å². The molecule has 0 saturated heterocycles. The Morgan fingerprint density at radius 1 is 1.30 bits per heavy atom. The summed E-state index contributed by atoms with van der Waals surface area (Å²) in [6.07, 6.45) is -0.409. The third kappa shape index (κ3) is 3.53. The van der Waals surface area contributed by atoms with Crippen LogP contribution in [0.5, 0.6) is 0 Å². The van der Waals surface area contributed by atoms with E-state index >= 15 is 0 Å². The van der Waals surface area contributed by atoms with Gasteiger partial charge in [-0.1, -0.05) is 31.4 Å². The van der Waals surface area contributed by atoms with E-state index < -0.39 is 12.0 Å². The van der Waals surface area contributed by atoms with Gasteiger partial charge in [0.15, 0.2) is 0 Å². The fourth-order valence-corrected chi connectivity index (χ4v) is 2.83. The van der Waals surface area contributed by atoms with Gasteiger partial charge in [0.2, 0.25) is 5.82 Å². The second kappa shape index (κ2) is 5.76. The number of alkyl halides is 3. The van der Waals surface area contributed by atoms with E-state index in [1.54, 1.807) is 11.9 Å². The SMILES string of the molecule is CC1CCCC(N(C)c2cc(Cl)nc(C(F)(F)F)n2)C1. The van der Waals surface area contributed by atoms with E-state index in [0.717, 1.165) is 19.3 Å². The molecule has 1 aliphatic rings. The lowest BCUT2D eigenvalue weighted by atomic mass is 9.86. The van der Waals surface area contributed by atoms with Crippen LogP contribution in [0.4, 0.5) is 19.0 Å². The maximum absolute atomic E-state index is 12.7. The normalized spacial score (nSPS) is 23.7. The van der Waals surface area contributed by atoms with Crippen LogP contribution in [-0.2, 0) is 6.18 Å². The number of hydrogen-bond donors (Lipinski definition) is 0. The number of halogens is 4. The fraction of sp³-hybridized carbons (Fsp3) is 0.692. The van der Waals surface area contributed by atoms with Crippen LogP contribution in [0.1, 0.15) is 38.4 Å². The van der Waals surface area contributed by atoms with Crippen molar-refractivity contribution in [1.29, 1.82) is 0 Å². The lowest BCUT2D eigenvalue weighted by Gasteiger charge is -2.35. The van der Waals surface area contributed by atoms with Crippen LogP contribution < -0.4 is 4.90 Å². The predicted octanol–water partition coefficient (Wildman–Crippen LogP) is 4.16. The first kappa shape index (κ1) is 15.4. The Morgan fingerprint density at radius 3 is 2.60 bits per heavy atom. The average Bonchev–Trinajstić information content (AvgIpc) is 2.36. The van der Waals surface area contributed by atoms with E-state index in [9.17, 15) is 13.2 Å². The van der Waals surface area contributed by atoms with Crippen molar-refractivity contribution in [1.82, 2.24) is 9.97 Å². The second-order valence-corrected chi connectivity index (χ2v) is 5.79. The quantitative estimate of drug-likeness (QED) is 0.768. The standard InChI is InChI=1S/C13H17ClF3N3/c1-8-4-3-5-9(6-8)20(2)11-7-10(14)18-12(19-11)13(15,16)17/h7-9H,3-6H2,1-2H3. The third-order valence-electron chi connectivity index (χ3n) is 3.75. The van der Waals surface area contributed by atoms with Gasteiger partial charge in [-0.05, 0) is 18.8 Å². The molecule has 0 bridgehead atoms. The molecule has 0 aromatic carbocycles. The minimum absolute atomic E-state index is 0.182. The molecule has 2 atom stereocenters. The van der Waals surface area contributed by atoms with E-state index in [1.807, 2.05) is 0 Å². The van der Waals surface area contributed by atoms with Crippen LogP contribution in [0.25, 0.3) is 0 Å². The molecule has 1 saturated carbocycles. The first-order chi connectivity index (χ1) is 9.27. The van der Waals surface area contributed by atoms with E-state index in [4.69, 9.17) is 11.6 Å². The molecule has 20 heavy (non-hydrogen) atoms. The van der Waals surface area contributed by atoms with Crippen LogP contribution >= 0.6 is 11.6 Å². The summed E-state index contributed by atoms with van der Waals surface area (Å²) in [6.45, 7) is 2.16. The van der Waals surface area contributed by atoms with E-state index in [1.165, 1.54) is 12.5 Å². The molecule has 7 heteroatoms. The number of aromatic nitrogens is 2. The van der Waals surface area contributed by atoms with Crippen LogP contribution in [0.3, 0.4) is 0 Å². The summed E-state index contributed by atoms with van der Waals surface area (Å²) in [6, 6.07) is 1.58. The summed E-state index contributed by atoms with van der Waals surface area (Å²) < 4.78 is 38.1.